The predicted molar refractivity (Wildman–Crippen MR) is 244 cm³/mol. The fourth-order valence-electron chi connectivity index (χ4n) is 7.42. The molecule has 0 spiro atoms. The summed E-state index contributed by atoms with van der Waals surface area (Å²) in [6.07, 6.45) is 57.1. The minimum absolute atomic E-state index is 0.278. The van der Waals surface area contributed by atoms with Crippen LogP contribution < -0.4 is 5.32 Å². The maximum Gasteiger partial charge on any atom is 0.267 e. The number of rotatable bonds is 44. The molecule has 0 aliphatic carbocycles. The molecule has 0 rings (SSSR count). The van der Waals surface area contributed by atoms with Crippen LogP contribution >= 0.6 is 0 Å². The Kier molecular flexibility index (Phi) is 42.0. The first kappa shape index (κ1) is 54.6. The summed E-state index contributed by atoms with van der Waals surface area (Å²) in [4.78, 5) is 12.6. The van der Waals surface area contributed by atoms with Crippen molar-refractivity contribution in [2.24, 2.45) is 0 Å². The maximum absolute atomic E-state index is 12.6. The Hall–Kier alpha value is -1.44. The van der Waals surface area contributed by atoms with Crippen LogP contribution in [0.1, 0.15) is 251 Å². The molecule has 3 N–H and O–H groups in total. The minimum atomic E-state index is -4.35. The van der Waals surface area contributed by atoms with Gasteiger partial charge in [-0.3, -0.25) is 9.35 Å². The molecule has 0 bridgehead atoms. The van der Waals surface area contributed by atoms with E-state index in [2.05, 4.69) is 43.5 Å². The SMILES string of the molecule is CCCCCCC/C=C\C/C=C\CCCCCCCCCCCCCC(=O)NC(CS(=O)(=O)O)C(O)/C=C/CCCCCCCCCCCCCCCCCC. The van der Waals surface area contributed by atoms with Crippen molar-refractivity contribution < 1.29 is 22.9 Å². The molecule has 0 radical (unpaired) electrons. The summed E-state index contributed by atoms with van der Waals surface area (Å²) in [6.45, 7) is 4.54. The van der Waals surface area contributed by atoms with Crippen molar-refractivity contribution in [3.05, 3.63) is 36.5 Å². The van der Waals surface area contributed by atoms with Gasteiger partial charge < -0.3 is 10.4 Å². The molecule has 0 fully saturated rings. The largest absolute Gasteiger partial charge is 0.387 e. The summed E-state index contributed by atoms with van der Waals surface area (Å²) >= 11 is 0. The Labute approximate surface area is 348 Å². The smallest absolute Gasteiger partial charge is 0.267 e. The number of allylic oxidation sites excluding steroid dienone is 5. The van der Waals surface area contributed by atoms with Crippen LogP contribution in [0.2, 0.25) is 0 Å². The van der Waals surface area contributed by atoms with Crippen molar-refractivity contribution in [1.82, 2.24) is 5.32 Å². The summed E-state index contributed by atoms with van der Waals surface area (Å²) < 4.78 is 32.6. The van der Waals surface area contributed by atoms with Crippen molar-refractivity contribution in [2.75, 3.05) is 5.75 Å². The molecule has 56 heavy (non-hydrogen) atoms. The van der Waals surface area contributed by atoms with Gasteiger partial charge in [0.15, 0.2) is 0 Å². The van der Waals surface area contributed by atoms with Gasteiger partial charge in [0, 0.05) is 6.42 Å². The van der Waals surface area contributed by atoms with Crippen molar-refractivity contribution in [3.63, 3.8) is 0 Å². The number of unbranched alkanes of at least 4 members (excludes halogenated alkanes) is 32. The van der Waals surface area contributed by atoms with E-state index in [0.717, 1.165) is 44.9 Å². The van der Waals surface area contributed by atoms with E-state index in [1.165, 1.54) is 186 Å². The Bertz CT molecular complexity index is 1020. The summed E-state index contributed by atoms with van der Waals surface area (Å²) in [5, 5.41) is 13.3. The first-order chi connectivity index (χ1) is 27.3. The maximum atomic E-state index is 12.6. The average Bonchev–Trinajstić information content (AvgIpc) is 3.16. The monoisotopic (exact) mass is 808 g/mol. The first-order valence-corrected chi connectivity index (χ1v) is 25.8. The number of hydrogen-bond acceptors (Lipinski definition) is 4. The van der Waals surface area contributed by atoms with E-state index in [-0.39, 0.29) is 5.91 Å². The van der Waals surface area contributed by atoms with Crippen molar-refractivity contribution in [1.29, 1.82) is 0 Å². The van der Waals surface area contributed by atoms with E-state index in [9.17, 15) is 22.9 Å². The van der Waals surface area contributed by atoms with Gasteiger partial charge in [-0.2, -0.15) is 8.42 Å². The molecule has 0 aromatic heterocycles. The summed E-state index contributed by atoms with van der Waals surface area (Å²) in [5.74, 6) is -0.975. The number of carbonyl (C=O) groups is 1. The van der Waals surface area contributed by atoms with Gasteiger partial charge >= 0.3 is 0 Å². The van der Waals surface area contributed by atoms with Gasteiger partial charge in [0.1, 0.15) is 0 Å². The Morgan fingerprint density at radius 1 is 0.482 bits per heavy atom. The van der Waals surface area contributed by atoms with Crippen LogP contribution in [0.15, 0.2) is 36.5 Å². The number of amides is 1. The van der Waals surface area contributed by atoms with Gasteiger partial charge in [0.25, 0.3) is 10.1 Å². The van der Waals surface area contributed by atoms with Crippen LogP contribution in [0.4, 0.5) is 0 Å². The fourth-order valence-corrected chi connectivity index (χ4v) is 8.16. The Balaban J connectivity index is 3.82. The van der Waals surface area contributed by atoms with E-state index in [0.29, 0.717) is 6.42 Å². The molecule has 0 saturated carbocycles. The molecule has 7 heteroatoms. The molecule has 330 valence electrons. The Morgan fingerprint density at radius 3 is 1.16 bits per heavy atom. The van der Waals surface area contributed by atoms with Gasteiger partial charge in [-0.25, -0.2) is 0 Å². The zero-order valence-corrected chi connectivity index (χ0v) is 37.8. The zero-order valence-electron chi connectivity index (χ0n) is 37.0. The highest BCUT2D eigenvalue weighted by Gasteiger charge is 2.24. The third-order valence-electron chi connectivity index (χ3n) is 11.1. The minimum Gasteiger partial charge on any atom is -0.387 e. The summed E-state index contributed by atoms with van der Waals surface area (Å²) in [7, 11) is -4.35. The van der Waals surface area contributed by atoms with Gasteiger partial charge in [-0.1, -0.05) is 230 Å². The van der Waals surface area contributed by atoms with Gasteiger partial charge in [-0.15, -0.1) is 0 Å². The number of nitrogens with one attached hydrogen (secondary N) is 1. The molecule has 0 aliphatic rings. The zero-order chi connectivity index (χ0) is 41.1. The lowest BCUT2D eigenvalue weighted by atomic mass is 10.0. The average molecular weight is 808 g/mol. The highest BCUT2D eigenvalue weighted by atomic mass is 32.2. The van der Waals surface area contributed by atoms with Crippen LogP contribution in [0, 0.1) is 0 Å². The topological polar surface area (TPSA) is 104 Å². The number of aliphatic hydroxyl groups excluding tert-OH is 1. The molecule has 0 heterocycles. The molecule has 0 saturated heterocycles. The predicted octanol–water partition coefficient (Wildman–Crippen LogP) is 14.9. The highest BCUT2D eigenvalue weighted by molar-refractivity contribution is 7.85. The lowest BCUT2D eigenvalue weighted by Crippen LogP contribution is -2.46. The molecule has 0 aromatic carbocycles. The number of hydrogen-bond donors (Lipinski definition) is 3. The molecular formula is C49H93NO5S. The second kappa shape index (κ2) is 43.1. The van der Waals surface area contributed by atoms with Crippen LogP contribution in [0.3, 0.4) is 0 Å². The molecule has 0 aromatic rings. The van der Waals surface area contributed by atoms with Gasteiger partial charge in [0.2, 0.25) is 5.91 Å². The molecule has 2 unspecified atom stereocenters. The lowest BCUT2D eigenvalue weighted by Gasteiger charge is -2.21. The molecule has 6 nitrogen and oxygen atoms in total. The van der Waals surface area contributed by atoms with E-state index in [1.54, 1.807) is 6.08 Å². The van der Waals surface area contributed by atoms with Crippen LogP contribution in [0.25, 0.3) is 0 Å². The first-order valence-electron chi connectivity index (χ1n) is 24.2. The van der Waals surface area contributed by atoms with Gasteiger partial charge in [-0.05, 0) is 51.4 Å². The van der Waals surface area contributed by atoms with Crippen LogP contribution in [-0.2, 0) is 14.9 Å². The number of carbonyl (C=O) groups excluding carboxylic acids is 1. The van der Waals surface area contributed by atoms with Crippen LogP contribution in [0.5, 0.6) is 0 Å². The molecular weight excluding hydrogens is 715 g/mol. The fraction of sp³-hybridized carbons (Fsp3) is 0.857. The molecule has 2 atom stereocenters. The van der Waals surface area contributed by atoms with Crippen LogP contribution in [-0.4, -0.2) is 41.9 Å². The quantitative estimate of drug-likeness (QED) is 0.0323. The summed E-state index contributed by atoms with van der Waals surface area (Å²) in [5.41, 5.74) is 0. The standard InChI is InChI=1S/C49H93NO5S/c1-3-5-7-9-11-13-15-17-19-21-23-24-25-26-27-29-31-33-35-37-39-41-43-45-49(52)50-47(46-56(53,54)55)48(51)44-42-40-38-36-34-32-30-28-22-20-18-16-14-12-10-8-6-4-2/h15,17,21,23,42,44,47-48,51H,3-14,16,18-20,22,24-41,43,45-46H2,1-2H3,(H,50,52)(H,53,54,55)/b17-15-,23-21-,44-42+. The van der Waals surface area contributed by atoms with Crippen molar-refractivity contribution in [2.45, 2.75) is 264 Å². The van der Waals surface area contributed by atoms with E-state index in [4.69, 9.17) is 0 Å². The van der Waals surface area contributed by atoms with E-state index in [1.807, 2.05) is 6.08 Å². The van der Waals surface area contributed by atoms with Crippen molar-refractivity contribution in [3.8, 4) is 0 Å². The highest BCUT2D eigenvalue weighted by Crippen LogP contribution is 2.16. The van der Waals surface area contributed by atoms with Crippen molar-refractivity contribution >= 4 is 16.0 Å². The second-order valence-electron chi connectivity index (χ2n) is 16.7. The normalized spacial score (nSPS) is 13.4. The number of aliphatic hydroxyl groups is 1. The Morgan fingerprint density at radius 2 is 0.804 bits per heavy atom. The van der Waals surface area contributed by atoms with E-state index < -0.39 is 28.0 Å². The molecule has 0 aliphatic heterocycles. The summed E-state index contributed by atoms with van der Waals surface area (Å²) in [6, 6.07) is -1.06. The third-order valence-corrected chi connectivity index (χ3v) is 11.8. The van der Waals surface area contributed by atoms with Gasteiger partial charge in [0.05, 0.1) is 17.9 Å². The second-order valence-corrected chi connectivity index (χ2v) is 18.2. The lowest BCUT2D eigenvalue weighted by molar-refractivity contribution is -0.122. The molecule has 1 amide bonds. The third kappa shape index (κ3) is 43.7. The van der Waals surface area contributed by atoms with E-state index >= 15 is 0 Å².